The summed E-state index contributed by atoms with van der Waals surface area (Å²) >= 11 is 0. The normalized spacial score (nSPS) is 15.1. The molecule has 0 fully saturated rings. The first-order valence-electron chi connectivity index (χ1n) is 8.97. The van der Waals surface area contributed by atoms with E-state index in [0.29, 0.717) is 0 Å². The number of hydrogen-bond acceptors (Lipinski definition) is 7. The zero-order chi connectivity index (χ0) is 22.3. The number of carboxylic acids is 1. The van der Waals surface area contributed by atoms with Crippen LogP contribution in [0.5, 0.6) is 0 Å². The summed E-state index contributed by atoms with van der Waals surface area (Å²) < 4.78 is 10.6. The minimum atomic E-state index is -1.24. The number of carbonyl (C=O) groups is 4. The molecular weight excluding hydrogens is 370 g/mol. The van der Waals surface area contributed by atoms with E-state index in [1.54, 1.807) is 41.5 Å². The minimum Gasteiger partial charge on any atom is -0.480 e. The Morgan fingerprint density at radius 3 is 1.93 bits per heavy atom. The van der Waals surface area contributed by atoms with Crippen LogP contribution in [-0.2, 0) is 28.7 Å². The molecule has 0 aliphatic rings. The third kappa shape index (κ3) is 11.5. The van der Waals surface area contributed by atoms with E-state index in [1.165, 1.54) is 6.92 Å². The van der Waals surface area contributed by atoms with Crippen molar-refractivity contribution >= 4 is 23.8 Å². The topological polar surface area (TPSA) is 157 Å². The second-order valence-electron chi connectivity index (χ2n) is 8.45. The van der Waals surface area contributed by atoms with Crippen molar-refractivity contribution in [1.29, 1.82) is 0 Å². The molecule has 2 amide bonds. The van der Waals surface area contributed by atoms with Crippen LogP contribution in [0.25, 0.3) is 0 Å². The van der Waals surface area contributed by atoms with Gasteiger partial charge in [-0.2, -0.15) is 0 Å². The molecule has 0 radical (unpaired) electrons. The van der Waals surface area contributed by atoms with Crippen molar-refractivity contribution in [1.82, 2.24) is 10.6 Å². The number of aliphatic carboxylic acids is 1. The van der Waals surface area contributed by atoms with E-state index in [-0.39, 0.29) is 13.0 Å². The number of carbonyl (C=O) groups excluding carboxylic acids is 3. The van der Waals surface area contributed by atoms with Gasteiger partial charge in [0.1, 0.15) is 17.7 Å². The lowest BCUT2D eigenvalue weighted by molar-refractivity contribution is -0.156. The van der Waals surface area contributed by atoms with E-state index < -0.39 is 53.1 Å². The first-order valence-corrected chi connectivity index (χ1v) is 8.97. The second-order valence-corrected chi connectivity index (χ2v) is 8.45. The molecule has 0 saturated heterocycles. The molecule has 0 aliphatic heterocycles. The molecule has 5 N–H and O–H groups in total. The standard InChI is InChI=1S/C18H33N3O7/c1-10(16(25)26)20-15(24)12(9-27-17(2,3)4)21-14(23)11(19)8-13(22)28-18(5,6)7/h10-12H,8-9,19H2,1-7H3,(H,20,24)(H,21,23)(H,25,26)/t10-,11-,12-/m0/s1. The molecule has 10 nitrogen and oxygen atoms in total. The predicted octanol–water partition coefficient (Wildman–Crippen LogP) is -0.0653. The third-order valence-electron chi connectivity index (χ3n) is 3.19. The summed E-state index contributed by atoms with van der Waals surface area (Å²) in [7, 11) is 0. The van der Waals surface area contributed by atoms with Crippen molar-refractivity contribution in [2.24, 2.45) is 5.73 Å². The number of rotatable bonds is 9. The van der Waals surface area contributed by atoms with Gasteiger partial charge in [0.2, 0.25) is 11.8 Å². The van der Waals surface area contributed by atoms with Crippen LogP contribution in [0.2, 0.25) is 0 Å². The fourth-order valence-electron chi connectivity index (χ4n) is 1.83. The molecule has 0 aliphatic carbocycles. The second kappa shape index (κ2) is 10.4. The van der Waals surface area contributed by atoms with Crippen molar-refractivity contribution in [3.63, 3.8) is 0 Å². The van der Waals surface area contributed by atoms with Crippen molar-refractivity contribution < 1.29 is 33.8 Å². The van der Waals surface area contributed by atoms with Crippen molar-refractivity contribution in [3.8, 4) is 0 Å². The summed E-state index contributed by atoms with van der Waals surface area (Å²) in [6, 6.07) is -3.58. The number of nitrogens with two attached hydrogens (primary N) is 1. The molecule has 10 heteroatoms. The molecule has 0 rings (SSSR count). The van der Waals surface area contributed by atoms with Gasteiger partial charge < -0.3 is 30.9 Å². The van der Waals surface area contributed by atoms with Gasteiger partial charge in [0.25, 0.3) is 0 Å². The molecule has 0 bridgehead atoms. The first-order chi connectivity index (χ1) is 12.5. The summed E-state index contributed by atoms with van der Waals surface area (Å²) in [4.78, 5) is 47.4. The van der Waals surface area contributed by atoms with Crippen LogP contribution in [0.4, 0.5) is 0 Å². The number of esters is 1. The largest absolute Gasteiger partial charge is 0.480 e. The van der Waals surface area contributed by atoms with Gasteiger partial charge in [-0.25, -0.2) is 0 Å². The van der Waals surface area contributed by atoms with Crippen LogP contribution in [0.3, 0.4) is 0 Å². The zero-order valence-corrected chi connectivity index (χ0v) is 17.6. The SMILES string of the molecule is C[C@H](NC(=O)[C@H](COC(C)(C)C)NC(=O)[C@@H](N)CC(=O)OC(C)(C)C)C(=O)O. The van der Waals surface area contributed by atoms with Gasteiger partial charge in [0.05, 0.1) is 24.7 Å². The lowest BCUT2D eigenvalue weighted by Gasteiger charge is -2.26. The van der Waals surface area contributed by atoms with E-state index >= 15 is 0 Å². The highest BCUT2D eigenvalue weighted by Crippen LogP contribution is 2.10. The molecule has 0 heterocycles. The van der Waals surface area contributed by atoms with E-state index in [2.05, 4.69) is 10.6 Å². The maximum absolute atomic E-state index is 12.3. The van der Waals surface area contributed by atoms with Crippen LogP contribution < -0.4 is 16.4 Å². The molecule has 3 atom stereocenters. The van der Waals surface area contributed by atoms with Gasteiger partial charge in [0, 0.05) is 0 Å². The highest BCUT2D eigenvalue weighted by Gasteiger charge is 2.29. The highest BCUT2D eigenvalue weighted by molar-refractivity contribution is 5.93. The lowest BCUT2D eigenvalue weighted by Crippen LogP contribution is -2.56. The fourth-order valence-corrected chi connectivity index (χ4v) is 1.83. The molecule has 0 unspecified atom stereocenters. The van der Waals surface area contributed by atoms with Gasteiger partial charge in [-0.3, -0.25) is 19.2 Å². The maximum atomic E-state index is 12.3. The van der Waals surface area contributed by atoms with Gasteiger partial charge in [-0.1, -0.05) is 0 Å². The number of amides is 2. The Morgan fingerprint density at radius 2 is 1.50 bits per heavy atom. The summed E-state index contributed by atoms with van der Waals surface area (Å²) in [5.41, 5.74) is 4.42. The van der Waals surface area contributed by atoms with Gasteiger partial charge in [-0.15, -0.1) is 0 Å². The quantitative estimate of drug-likeness (QED) is 0.390. The smallest absolute Gasteiger partial charge is 0.325 e. The molecule has 162 valence electrons. The molecule has 0 spiro atoms. The van der Waals surface area contributed by atoms with Crippen LogP contribution >= 0.6 is 0 Å². The highest BCUT2D eigenvalue weighted by atomic mass is 16.6. The predicted molar refractivity (Wildman–Crippen MR) is 101 cm³/mol. The lowest BCUT2D eigenvalue weighted by atomic mass is 10.1. The summed E-state index contributed by atoms with van der Waals surface area (Å²) in [6.45, 7) is 11.4. The van der Waals surface area contributed by atoms with Crippen molar-refractivity contribution in [3.05, 3.63) is 0 Å². The van der Waals surface area contributed by atoms with Crippen LogP contribution in [0, 0.1) is 0 Å². The average Bonchev–Trinajstić information content (AvgIpc) is 2.47. The monoisotopic (exact) mass is 403 g/mol. The van der Waals surface area contributed by atoms with Gasteiger partial charge >= 0.3 is 11.9 Å². The van der Waals surface area contributed by atoms with Gasteiger partial charge in [-0.05, 0) is 48.5 Å². The number of carboxylic acid groups (broad SMARTS) is 1. The van der Waals surface area contributed by atoms with E-state index in [9.17, 15) is 19.2 Å². The van der Waals surface area contributed by atoms with E-state index in [1.807, 2.05) is 0 Å². The third-order valence-corrected chi connectivity index (χ3v) is 3.19. The Kier molecular flexibility index (Phi) is 9.56. The minimum absolute atomic E-state index is 0.202. The summed E-state index contributed by atoms with van der Waals surface area (Å²) in [6.07, 6.45) is -0.372. The number of nitrogens with one attached hydrogen (secondary N) is 2. The average molecular weight is 403 g/mol. The molecule has 0 aromatic carbocycles. The Bertz CT molecular complexity index is 579. The number of ether oxygens (including phenoxy) is 2. The molecular formula is C18H33N3O7. The Morgan fingerprint density at radius 1 is 0.964 bits per heavy atom. The van der Waals surface area contributed by atoms with Crippen LogP contribution in [0.1, 0.15) is 54.9 Å². The van der Waals surface area contributed by atoms with Crippen LogP contribution in [-0.4, -0.2) is 64.8 Å². The Hall–Kier alpha value is -2.20. The summed E-state index contributed by atoms with van der Waals surface area (Å²) in [5.74, 6) is -3.37. The van der Waals surface area contributed by atoms with Gasteiger partial charge in [0.15, 0.2) is 0 Å². The molecule has 0 saturated carbocycles. The van der Waals surface area contributed by atoms with E-state index in [4.69, 9.17) is 20.3 Å². The summed E-state index contributed by atoms with van der Waals surface area (Å²) in [5, 5.41) is 13.6. The Balaban J connectivity index is 5.04. The van der Waals surface area contributed by atoms with Crippen molar-refractivity contribution in [2.45, 2.75) is 84.2 Å². The molecule has 0 aromatic heterocycles. The fraction of sp³-hybridized carbons (Fsp3) is 0.778. The zero-order valence-electron chi connectivity index (χ0n) is 17.6. The first kappa shape index (κ1) is 25.8. The van der Waals surface area contributed by atoms with Crippen LogP contribution in [0.15, 0.2) is 0 Å². The molecule has 0 aromatic rings. The molecule has 28 heavy (non-hydrogen) atoms. The Labute approximate surface area is 165 Å². The maximum Gasteiger partial charge on any atom is 0.325 e. The van der Waals surface area contributed by atoms with E-state index in [0.717, 1.165) is 0 Å². The number of hydrogen-bond donors (Lipinski definition) is 4. The van der Waals surface area contributed by atoms with Crippen molar-refractivity contribution in [2.75, 3.05) is 6.61 Å².